The van der Waals surface area contributed by atoms with Gasteiger partial charge in [0.25, 0.3) is 0 Å². The zero-order valence-corrected chi connectivity index (χ0v) is 19.9. The molecule has 3 aliphatic rings. The maximum Gasteiger partial charge on any atom is 0.415 e. The second kappa shape index (κ2) is 8.85. The van der Waals surface area contributed by atoms with E-state index in [1.165, 1.54) is 0 Å². The van der Waals surface area contributed by atoms with Crippen LogP contribution < -0.4 is 24.4 Å². The number of carbonyl (C=O) groups excluding carboxylic acids is 2. The van der Waals surface area contributed by atoms with Gasteiger partial charge in [-0.3, -0.25) is 14.7 Å². The maximum atomic E-state index is 13.1. The number of benzene rings is 1. The first-order valence-electron chi connectivity index (χ1n) is 12.0. The zero-order valence-electron chi connectivity index (χ0n) is 19.9. The van der Waals surface area contributed by atoms with Gasteiger partial charge in [0.15, 0.2) is 11.5 Å². The Hall–Kier alpha value is -4.08. The molecule has 0 radical (unpaired) electrons. The van der Waals surface area contributed by atoms with Gasteiger partial charge in [-0.15, -0.1) is 0 Å². The number of anilines is 2. The molecular formula is C26H26N4O6. The fraction of sp³-hybridized carbons (Fsp3) is 0.385. The predicted molar refractivity (Wildman–Crippen MR) is 131 cm³/mol. The van der Waals surface area contributed by atoms with E-state index in [4.69, 9.17) is 18.9 Å². The van der Waals surface area contributed by atoms with Crippen molar-refractivity contribution in [3.05, 3.63) is 42.6 Å². The number of aromatic nitrogens is 2. The van der Waals surface area contributed by atoms with Gasteiger partial charge in [0.05, 0.1) is 30.5 Å². The summed E-state index contributed by atoms with van der Waals surface area (Å²) >= 11 is 0. The van der Waals surface area contributed by atoms with Gasteiger partial charge in [0.2, 0.25) is 11.8 Å². The molecule has 1 aromatic carbocycles. The number of pyridine rings is 2. The molecule has 0 atom stereocenters. The first kappa shape index (κ1) is 22.4. The Bertz CT molecular complexity index is 1340. The van der Waals surface area contributed by atoms with Crippen molar-refractivity contribution in [2.24, 2.45) is 5.92 Å². The van der Waals surface area contributed by atoms with Crippen LogP contribution in [0, 0.1) is 5.92 Å². The Morgan fingerprint density at radius 3 is 2.72 bits per heavy atom. The number of rotatable bonds is 4. The van der Waals surface area contributed by atoms with Crippen LogP contribution in [0.2, 0.25) is 0 Å². The second-order valence-corrected chi connectivity index (χ2v) is 9.31. The average Bonchev–Trinajstić information content (AvgIpc) is 3.23. The Labute approximate surface area is 207 Å². The minimum Gasteiger partial charge on any atom is -0.486 e. The Kier molecular flexibility index (Phi) is 5.50. The topological polar surface area (TPSA) is 112 Å². The number of fused-ring (bicyclic) bond motifs is 2. The number of methoxy groups -OCH3 is 1. The molecule has 1 aliphatic carbocycles. The Morgan fingerprint density at radius 2 is 1.92 bits per heavy atom. The molecule has 1 N–H and O–H groups in total. The number of amides is 2. The van der Waals surface area contributed by atoms with Crippen molar-refractivity contribution in [1.29, 1.82) is 0 Å². The summed E-state index contributed by atoms with van der Waals surface area (Å²) in [5.41, 5.74) is 1.97. The van der Waals surface area contributed by atoms with Gasteiger partial charge in [0, 0.05) is 24.2 Å². The van der Waals surface area contributed by atoms with Crippen molar-refractivity contribution >= 4 is 34.4 Å². The number of hydrogen-bond acceptors (Lipinski definition) is 8. The van der Waals surface area contributed by atoms with Gasteiger partial charge in [-0.2, -0.15) is 0 Å². The van der Waals surface area contributed by atoms with Crippen LogP contribution >= 0.6 is 0 Å². The van der Waals surface area contributed by atoms with Crippen molar-refractivity contribution in [1.82, 2.24) is 9.97 Å². The second-order valence-electron chi connectivity index (χ2n) is 9.31. The monoisotopic (exact) mass is 490 g/mol. The molecule has 6 rings (SSSR count). The standard InChI is InChI=1S/C26H26N4O6/c1-33-22-5-3-18-23(29-22)19(8-11-27-18)28-24(31)16-6-9-26(10-7-16)15-30(25(32)36-26)17-2-4-20-21(14-17)35-13-12-34-20/h2-5,8,11,14,16H,6-7,9-10,12-13,15H2,1H3,(H,27,28,31)/t16-,26-. The lowest BCUT2D eigenvalue weighted by Gasteiger charge is -2.34. The molecule has 10 heteroatoms. The van der Waals surface area contributed by atoms with Gasteiger partial charge >= 0.3 is 6.09 Å². The lowest BCUT2D eigenvalue weighted by Crippen LogP contribution is -2.41. The summed E-state index contributed by atoms with van der Waals surface area (Å²) in [6.45, 7) is 1.43. The third kappa shape index (κ3) is 4.02. The molecule has 10 nitrogen and oxygen atoms in total. The molecular weight excluding hydrogens is 464 g/mol. The van der Waals surface area contributed by atoms with E-state index in [-0.39, 0.29) is 17.9 Å². The SMILES string of the molecule is COc1ccc2nccc(NC(=O)[C@H]3CC[C@]4(CC3)CN(c3ccc5c(c3)OCCO5)C(=O)O4)c2n1. The van der Waals surface area contributed by atoms with Crippen molar-refractivity contribution < 1.29 is 28.5 Å². The third-order valence-electron chi connectivity index (χ3n) is 7.10. The van der Waals surface area contributed by atoms with E-state index in [1.54, 1.807) is 30.3 Å². The summed E-state index contributed by atoms with van der Waals surface area (Å²) in [5, 5.41) is 3.02. The van der Waals surface area contributed by atoms with E-state index in [0.717, 1.165) is 0 Å². The van der Waals surface area contributed by atoms with Gasteiger partial charge in [0.1, 0.15) is 24.3 Å². The summed E-state index contributed by atoms with van der Waals surface area (Å²) in [6, 6.07) is 10.8. The zero-order chi connectivity index (χ0) is 24.7. The van der Waals surface area contributed by atoms with Crippen LogP contribution in [0.1, 0.15) is 25.7 Å². The van der Waals surface area contributed by atoms with E-state index < -0.39 is 5.60 Å². The van der Waals surface area contributed by atoms with Crippen molar-refractivity contribution in [3.8, 4) is 17.4 Å². The van der Waals surface area contributed by atoms with E-state index >= 15 is 0 Å². The number of nitrogens with zero attached hydrogens (tertiary/aromatic N) is 3. The minimum atomic E-state index is -0.598. The first-order valence-corrected chi connectivity index (χ1v) is 12.0. The van der Waals surface area contributed by atoms with Crippen molar-refractivity contribution in [2.45, 2.75) is 31.3 Å². The molecule has 186 valence electrons. The van der Waals surface area contributed by atoms with E-state index in [2.05, 4.69) is 15.3 Å². The van der Waals surface area contributed by atoms with Crippen LogP contribution in [0.3, 0.4) is 0 Å². The first-order chi connectivity index (χ1) is 17.5. The molecule has 0 unspecified atom stereocenters. The van der Waals surface area contributed by atoms with E-state index in [1.807, 2.05) is 24.3 Å². The summed E-state index contributed by atoms with van der Waals surface area (Å²) in [4.78, 5) is 36.3. The third-order valence-corrected chi connectivity index (χ3v) is 7.10. The summed E-state index contributed by atoms with van der Waals surface area (Å²) in [5.74, 6) is 1.50. The van der Waals surface area contributed by atoms with E-state index in [0.29, 0.717) is 85.2 Å². The molecule has 0 bridgehead atoms. The lowest BCUT2D eigenvalue weighted by molar-refractivity contribution is -0.122. The molecule has 1 saturated carbocycles. The van der Waals surface area contributed by atoms with Crippen LogP contribution in [-0.4, -0.2) is 54.4 Å². The summed E-state index contributed by atoms with van der Waals surface area (Å²) in [7, 11) is 1.55. The fourth-order valence-electron chi connectivity index (χ4n) is 5.14. The predicted octanol–water partition coefficient (Wildman–Crippen LogP) is 3.93. The van der Waals surface area contributed by atoms with E-state index in [9.17, 15) is 9.59 Å². The van der Waals surface area contributed by atoms with Gasteiger partial charge in [-0.25, -0.2) is 9.78 Å². The molecule has 36 heavy (non-hydrogen) atoms. The van der Waals surface area contributed by atoms with Crippen LogP contribution in [0.25, 0.3) is 11.0 Å². The number of hydrogen-bond donors (Lipinski definition) is 1. The van der Waals surface area contributed by atoms with Crippen LogP contribution in [0.15, 0.2) is 42.6 Å². The lowest BCUT2D eigenvalue weighted by atomic mass is 9.78. The number of nitrogens with one attached hydrogen (secondary N) is 1. The molecule has 1 spiro atoms. The summed E-state index contributed by atoms with van der Waals surface area (Å²) < 4.78 is 22.3. The molecule has 2 aliphatic heterocycles. The fourth-order valence-corrected chi connectivity index (χ4v) is 5.14. The minimum absolute atomic E-state index is 0.0741. The summed E-state index contributed by atoms with van der Waals surface area (Å²) in [6.07, 6.45) is 3.73. The van der Waals surface area contributed by atoms with Crippen LogP contribution in [0.4, 0.5) is 16.2 Å². The molecule has 1 saturated heterocycles. The molecule has 4 heterocycles. The normalized spacial score (nSPS) is 23.0. The van der Waals surface area contributed by atoms with Crippen molar-refractivity contribution in [2.75, 3.05) is 37.1 Å². The van der Waals surface area contributed by atoms with Crippen LogP contribution in [0.5, 0.6) is 17.4 Å². The van der Waals surface area contributed by atoms with Gasteiger partial charge in [-0.1, -0.05) is 0 Å². The molecule has 2 fully saturated rings. The molecule has 2 amide bonds. The molecule has 3 aromatic rings. The van der Waals surface area contributed by atoms with Gasteiger partial charge < -0.3 is 24.3 Å². The quantitative estimate of drug-likeness (QED) is 0.585. The number of carbonyl (C=O) groups is 2. The number of ether oxygens (including phenoxy) is 4. The highest BCUT2D eigenvalue weighted by Crippen LogP contribution is 2.43. The van der Waals surface area contributed by atoms with Crippen molar-refractivity contribution in [3.63, 3.8) is 0 Å². The Morgan fingerprint density at radius 1 is 1.11 bits per heavy atom. The Balaban J connectivity index is 1.12. The largest absolute Gasteiger partial charge is 0.486 e. The highest BCUT2D eigenvalue weighted by atomic mass is 16.6. The highest BCUT2D eigenvalue weighted by Gasteiger charge is 2.48. The average molecular weight is 491 g/mol. The maximum absolute atomic E-state index is 13.1. The van der Waals surface area contributed by atoms with Gasteiger partial charge in [-0.05, 0) is 49.9 Å². The smallest absolute Gasteiger partial charge is 0.415 e. The molecule has 2 aromatic heterocycles. The van der Waals surface area contributed by atoms with Crippen LogP contribution in [-0.2, 0) is 9.53 Å². The highest BCUT2D eigenvalue weighted by molar-refractivity contribution is 6.00.